The van der Waals surface area contributed by atoms with Crippen LogP contribution in [0.15, 0.2) is 66.0 Å². The molecule has 0 aromatic heterocycles. The third-order valence-corrected chi connectivity index (χ3v) is 3.13. The van der Waals surface area contributed by atoms with Crippen LogP contribution < -0.4 is 5.32 Å². The summed E-state index contributed by atoms with van der Waals surface area (Å²) in [7, 11) is 0. The Balaban J connectivity index is 2.88. The van der Waals surface area contributed by atoms with Gasteiger partial charge in [-0.3, -0.25) is 4.79 Å². The fourth-order valence-corrected chi connectivity index (χ4v) is 2.13. The average Bonchev–Trinajstić information content (AvgIpc) is 2.47. The Morgan fingerprint density at radius 2 is 1.95 bits per heavy atom. The molecule has 1 aromatic rings. The Morgan fingerprint density at radius 1 is 1.32 bits per heavy atom. The van der Waals surface area contributed by atoms with Crippen molar-refractivity contribution in [3.8, 4) is 0 Å². The number of nitrogens with one attached hydrogen (secondary N) is 1. The summed E-state index contributed by atoms with van der Waals surface area (Å²) in [6.07, 6.45) is 4.26. The van der Waals surface area contributed by atoms with E-state index < -0.39 is 11.9 Å². The van der Waals surface area contributed by atoms with Crippen LogP contribution in [0.25, 0.3) is 0 Å². The monoisotopic (exact) mass is 299 g/mol. The van der Waals surface area contributed by atoms with Crippen molar-refractivity contribution in [2.45, 2.75) is 26.3 Å². The van der Waals surface area contributed by atoms with Crippen molar-refractivity contribution in [1.29, 1.82) is 0 Å². The number of amides is 1. The Kier molecular flexibility index (Phi) is 6.83. The second-order valence-electron chi connectivity index (χ2n) is 4.95. The molecule has 1 rings (SSSR count). The minimum Gasteiger partial charge on any atom is -0.512 e. The fraction of sp³-hybridized carbons (Fsp3) is 0.222. The number of carbonyl (C=O) groups excluding carboxylic acids is 2. The van der Waals surface area contributed by atoms with E-state index in [-0.39, 0.29) is 11.3 Å². The van der Waals surface area contributed by atoms with Crippen LogP contribution in [-0.2, 0) is 16.0 Å². The lowest BCUT2D eigenvalue weighted by Crippen LogP contribution is -2.39. The SMILES string of the molecule is C=C/C=C(C)\C(C(=O)NC(C=O)Cc1ccccc1)=C(/C)O. The Bertz CT molecular complexity index is 596. The summed E-state index contributed by atoms with van der Waals surface area (Å²) < 4.78 is 0. The zero-order valence-electron chi connectivity index (χ0n) is 12.9. The first kappa shape index (κ1) is 17.4. The number of rotatable bonds is 7. The van der Waals surface area contributed by atoms with Gasteiger partial charge in [0.05, 0.1) is 11.6 Å². The molecule has 0 heterocycles. The summed E-state index contributed by atoms with van der Waals surface area (Å²) >= 11 is 0. The van der Waals surface area contributed by atoms with Gasteiger partial charge in [-0.25, -0.2) is 0 Å². The predicted molar refractivity (Wildman–Crippen MR) is 87.4 cm³/mol. The van der Waals surface area contributed by atoms with Crippen molar-refractivity contribution < 1.29 is 14.7 Å². The van der Waals surface area contributed by atoms with E-state index in [2.05, 4.69) is 11.9 Å². The molecule has 0 spiro atoms. The van der Waals surface area contributed by atoms with Gasteiger partial charge in [0.15, 0.2) is 0 Å². The van der Waals surface area contributed by atoms with E-state index in [0.29, 0.717) is 18.3 Å². The Labute approximate surface area is 130 Å². The van der Waals surface area contributed by atoms with Crippen LogP contribution in [0.2, 0.25) is 0 Å². The van der Waals surface area contributed by atoms with Gasteiger partial charge in [-0.15, -0.1) is 0 Å². The van der Waals surface area contributed by atoms with Crippen LogP contribution in [0.3, 0.4) is 0 Å². The van der Waals surface area contributed by atoms with Crippen molar-refractivity contribution in [2.75, 3.05) is 0 Å². The molecule has 2 N–H and O–H groups in total. The lowest BCUT2D eigenvalue weighted by Gasteiger charge is -2.15. The van der Waals surface area contributed by atoms with Gasteiger partial charge in [0.1, 0.15) is 12.0 Å². The van der Waals surface area contributed by atoms with Gasteiger partial charge in [0.2, 0.25) is 0 Å². The summed E-state index contributed by atoms with van der Waals surface area (Å²) in [6, 6.07) is 8.76. The number of aliphatic hydroxyl groups excluding tert-OH is 1. The number of hydrogen-bond acceptors (Lipinski definition) is 3. The van der Waals surface area contributed by atoms with Crippen LogP contribution in [0.5, 0.6) is 0 Å². The van der Waals surface area contributed by atoms with Crippen molar-refractivity contribution in [2.24, 2.45) is 0 Å². The molecule has 4 nitrogen and oxygen atoms in total. The second-order valence-corrected chi connectivity index (χ2v) is 4.95. The lowest BCUT2D eigenvalue weighted by molar-refractivity contribution is -0.120. The number of allylic oxidation sites excluding steroid dienone is 3. The molecule has 0 saturated carbocycles. The summed E-state index contributed by atoms with van der Waals surface area (Å²) in [5.41, 5.74) is 1.68. The molecule has 0 fully saturated rings. The summed E-state index contributed by atoms with van der Waals surface area (Å²) in [6.45, 7) is 6.70. The highest BCUT2D eigenvalue weighted by molar-refractivity contribution is 5.99. The summed E-state index contributed by atoms with van der Waals surface area (Å²) in [5, 5.41) is 12.3. The summed E-state index contributed by atoms with van der Waals surface area (Å²) in [4.78, 5) is 23.5. The number of hydrogen-bond donors (Lipinski definition) is 2. The molecule has 4 heteroatoms. The molecule has 1 aromatic carbocycles. The van der Waals surface area contributed by atoms with Gasteiger partial charge < -0.3 is 15.2 Å². The molecular formula is C18H21NO3. The number of carbonyl (C=O) groups is 2. The minimum atomic E-state index is -0.652. The average molecular weight is 299 g/mol. The topological polar surface area (TPSA) is 66.4 Å². The van der Waals surface area contributed by atoms with E-state index >= 15 is 0 Å². The number of aliphatic hydroxyl groups is 1. The van der Waals surface area contributed by atoms with Gasteiger partial charge >= 0.3 is 0 Å². The molecule has 0 aliphatic rings. The Morgan fingerprint density at radius 3 is 2.45 bits per heavy atom. The maximum atomic E-state index is 12.3. The van der Waals surface area contributed by atoms with E-state index in [1.807, 2.05) is 30.3 Å². The molecule has 0 aliphatic carbocycles. The third-order valence-electron chi connectivity index (χ3n) is 3.13. The van der Waals surface area contributed by atoms with Gasteiger partial charge in [0.25, 0.3) is 5.91 Å². The van der Waals surface area contributed by atoms with Crippen molar-refractivity contribution >= 4 is 12.2 Å². The molecule has 1 unspecified atom stereocenters. The third kappa shape index (κ3) is 5.05. The maximum Gasteiger partial charge on any atom is 0.255 e. The number of aldehydes is 1. The Hall–Kier alpha value is -2.62. The van der Waals surface area contributed by atoms with Gasteiger partial charge in [-0.05, 0) is 31.4 Å². The largest absolute Gasteiger partial charge is 0.512 e. The fourth-order valence-electron chi connectivity index (χ4n) is 2.13. The van der Waals surface area contributed by atoms with Crippen molar-refractivity contribution in [1.82, 2.24) is 5.32 Å². The van der Waals surface area contributed by atoms with Gasteiger partial charge in [-0.2, -0.15) is 0 Å². The van der Waals surface area contributed by atoms with Crippen LogP contribution >= 0.6 is 0 Å². The van der Waals surface area contributed by atoms with Crippen LogP contribution in [-0.4, -0.2) is 23.3 Å². The van der Waals surface area contributed by atoms with E-state index in [1.54, 1.807) is 13.0 Å². The molecule has 0 radical (unpaired) electrons. The second kappa shape index (κ2) is 8.62. The minimum absolute atomic E-state index is 0.0996. The molecule has 0 bridgehead atoms. The molecule has 1 amide bonds. The van der Waals surface area contributed by atoms with E-state index in [0.717, 1.165) is 5.56 Å². The molecular weight excluding hydrogens is 278 g/mol. The molecule has 0 saturated heterocycles. The van der Waals surface area contributed by atoms with Crippen LogP contribution in [0.1, 0.15) is 19.4 Å². The van der Waals surface area contributed by atoms with Gasteiger partial charge in [0, 0.05) is 0 Å². The molecule has 22 heavy (non-hydrogen) atoms. The zero-order chi connectivity index (χ0) is 16.5. The predicted octanol–water partition coefficient (Wildman–Crippen LogP) is 2.88. The summed E-state index contributed by atoms with van der Waals surface area (Å²) in [5.74, 6) is -0.582. The molecule has 0 aliphatic heterocycles. The zero-order valence-corrected chi connectivity index (χ0v) is 12.9. The highest BCUT2D eigenvalue weighted by Crippen LogP contribution is 2.14. The highest BCUT2D eigenvalue weighted by atomic mass is 16.3. The smallest absolute Gasteiger partial charge is 0.255 e. The van der Waals surface area contributed by atoms with E-state index in [4.69, 9.17) is 0 Å². The maximum absolute atomic E-state index is 12.3. The highest BCUT2D eigenvalue weighted by Gasteiger charge is 2.19. The lowest BCUT2D eigenvalue weighted by atomic mass is 10.0. The van der Waals surface area contributed by atoms with E-state index in [1.165, 1.54) is 13.0 Å². The van der Waals surface area contributed by atoms with Crippen molar-refractivity contribution in [3.63, 3.8) is 0 Å². The standard InChI is InChI=1S/C18H21NO3/c1-4-8-13(2)17(14(3)21)18(22)19-16(12-20)11-15-9-6-5-7-10-15/h4-10,12,16,21H,1,11H2,2-3H3,(H,19,22)/b13-8-,17-14-. The first-order valence-corrected chi connectivity index (χ1v) is 6.99. The van der Waals surface area contributed by atoms with Crippen molar-refractivity contribution in [3.05, 3.63) is 71.5 Å². The first-order valence-electron chi connectivity index (χ1n) is 6.99. The van der Waals surface area contributed by atoms with Crippen LogP contribution in [0, 0.1) is 0 Å². The molecule has 1 atom stereocenters. The first-order chi connectivity index (χ1) is 10.5. The van der Waals surface area contributed by atoms with Gasteiger partial charge in [-0.1, -0.05) is 49.1 Å². The number of benzene rings is 1. The van der Waals surface area contributed by atoms with Crippen LogP contribution in [0.4, 0.5) is 0 Å². The molecule has 116 valence electrons. The normalized spacial score (nSPS) is 13.8. The van der Waals surface area contributed by atoms with E-state index in [9.17, 15) is 14.7 Å². The quantitative estimate of drug-likeness (QED) is 0.352.